The Morgan fingerprint density at radius 1 is 1.36 bits per heavy atom. The molecule has 1 aliphatic carbocycles. The average Bonchev–Trinajstić information content (AvgIpc) is 3.17. The first-order chi connectivity index (χ1) is 10.7. The summed E-state index contributed by atoms with van der Waals surface area (Å²) in [6, 6.07) is 0. The molecule has 7 heteroatoms. The van der Waals surface area contributed by atoms with Crippen molar-refractivity contribution in [2.45, 2.75) is 51.4 Å². The first-order valence-corrected chi connectivity index (χ1v) is 8.66. The molecule has 0 aromatic carbocycles. The Labute approximate surface area is 133 Å². The fraction of sp³-hybridized carbons (Fsp3) is 0.600. The second-order valence-electron chi connectivity index (χ2n) is 5.75. The zero-order valence-corrected chi connectivity index (χ0v) is 13.6. The Bertz CT molecular complexity index is 629. The molecule has 0 atom stereocenters. The van der Waals surface area contributed by atoms with Crippen molar-refractivity contribution in [1.82, 2.24) is 25.7 Å². The van der Waals surface area contributed by atoms with Crippen molar-refractivity contribution in [2.24, 2.45) is 0 Å². The molecule has 22 heavy (non-hydrogen) atoms. The van der Waals surface area contributed by atoms with Crippen molar-refractivity contribution in [3.05, 3.63) is 27.5 Å². The van der Waals surface area contributed by atoms with Gasteiger partial charge in [0.05, 0.1) is 17.5 Å². The molecule has 0 radical (unpaired) electrons. The van der Waals surface area contributed by atoms with Crippen LogP contribution in [-0.2, 0) is 6.42 Å². The number of nitrogens with one attached hydrogen (secondary N) is 2. The van der Waals surface area contributed by atoms with E-state index in [-0.39, 0.29) is 5.91 Å². The van der Waals surface area contributed by atoms with Crippen LogP contribution in [0.15, 0.2) is 6.20 Å². The number of rotatable bonds is 5. The van der Waals surface area contributed by atoms with Gasteiger partial charge >= 0.3 is 0 Å². The lowest BCUT2D eigenvalue weighted by atomic mass is 9.85. The summed E-state index contributed by atoms with van der Waals surface area (Å²) in [5.41, 5.74) is 1.70. The molecule has 2 aromatic heterocycles. The lowest BCUT2D eigenvalue weighted by Crippen LogP contribution is -2.26. The number of H-pyrrole nitrogens is 1. The molecule has 0 saturated heterocycles. The largest absolute Gasteiger partial charge is 0.352 e. The SMILES string of the molecule is Cc1nnc(CCNC(=O)c2cn[nH]c2C2CCCCC2)s1. The fourth-order valence-electron chi connectivity index (χ4n) is 3.00. The zero-order valence-electron chi connectivity index (χ0n) is 12.8. The molecular weight excluding hydrogens is 298 g/mol. The molecule has 2 aromatic rings. The van der Waals surface area contributed by atoms with Crippen LogP contribution in [0.5, 0.6) is 0 Å². The second kappa shape index (κ2) is 7.00. The van der Waals surface area contributed by atoms with E-state index >= 15 is 0 Å². The summed E-state index contributed by atoms with van der Waals surface area (Å²) in [7, 11) is 0. The minimum Gasteiger partial charge on any atom is -0.352 e. The lowest BCUT2D eigenvalue weighted by Gasteiger charge is -2.21. The van der Waals surface area contributed by atoms with Gasteiger partial charge in [0.15, 0.2) is 0 Å². The maximum absolute atomic E-state index is 12.4. The van der Waals surface area contributed by atoms with E-state index in [9.17, 15) is 4.79 Å². The molecule has 2 N–H and O–H groups in total. The van der Waals surface area contributed by atoms with Gasteiger partial charge in [-0.15, -0.1) is 21.5 Å². The summed E-state index contributed by atoms with van der Waals surface area (Å²) >= 11 is 1.57. The van der Waals surface area contributed by atoms with E-state index in [2.05, 4.69) is 25.7 Å². The predicted octanol–water partition coefficient (Wildman–Crippen LogP) is 2.59. The Hall–Kier alpha value is -1.76. The predicted molar refractivity (Wildman–Crippen MR) is 85.1 cm³/mol. The smallest absolute Gasteiger partial charge is 0.254 e. The third kappa shape index (κ3) is 3.52. The molecule has 0 unspecified atom stereocenters. The van der Waals surface area contributed by atoms with Crippen LogP contribution in [0.1, 0.15) is 64.1 Å². The van der Waals surface area contributed by atoms with Gasteiger partial charge in [-0.2, -0.15) is 5.10 Å². The van der Waals surface area contributed by atoms with Crippen LogP contribution in [-0.4, -0.2) is 32.8 Å². The van der Waals surface area contributed by atoms with E-state index in [0.29, 0.717) is 24.4 Å². The minimum atomic E-state index is -0.0458. The quantitative estimate of drug-likeness (QED) is 0.887. The number of aromatic amines is 1. The van der Waals surface area contributed by atoms with Gasteiger partial charge in [-0.05, 0) is 19.8 Å². The highest BCUT2D eigenvalue weighted by atomic mass is 32.1. The molecule has 2 heterocycles. The van der Waals surface area contributed by atoms with Gasteiger partial charge in [-0.25, -0.2) is 0 Å². The molecule has 3 rings (SSSR count). The number of carbonyl (C=O) groups excluding carboxylic acids is 1. The third-order valence-corrected chi connectivity index (χ3v) is 5.02. The van der Waals surface area contributed by atoms with E-state index < -0.39 is 0 Å². The van der Waals surface area contributed by atoms with Crippen LogP contribution in [0.3, 0.4) is 0 Å². The summed E-state index contributed by atoms with van der Waals surface area (Å²) in [5, 5.41) is 20.0. The summed E-state index contributed by atoms with van der Waals surface area (Å²) in [5.74, 6) is 0.401. The van der Waals surface area contributed by atoms with Crippen molar-refractivity contribution < 1.29 is 4.79 Å². The van der Waals surface area contributed by atoms with Crippen molar-refractivity contribution in [2.75, 3.05) is 6.54 Å². The number of amides is 1. The van der Waals surface area contributed by atoms with Gasteiger partial charge < -0.3 is 5.32 Å². The minimum absolute atomic E-state index is 0.0458. The molecule has 1 amide bonds. The van der Waals surface area contributed by atoms with Gasteiger partial charge in [-0.3, -0.25) is 9.89 Å². The summed E-state index contributed by atoms with van der Waals surface area (Å²) in [6.07, 6.45) is 8.43. The topological polar surface area (TPSA) is 83.6 Å². The Morgan fingerprint density at radius 3 is 2.91 bits per heavy atom. The number of hydrogen-bond donors (Lipinski definition) is 2. The standard InChI is InChI=1S/C15H21N5OS/c1-10-18-19-13(22-10)7-8-16-15(21)12-9-17-20-14(12)11-5-3-2-4-6-11/h9,11H,2-8H2,1H3,(H,16,21)(H,17,20). The Morgan fingerprint density at radius 2 is 2.18 bits per heavy atom. The molecule has 0 spiro atoms. The van der Waals surface area contributed by atoms with Crippen LogP contribution >= 0.6 is 11.3 Å². The maximum Gasteiger partial charge on any atom is 0.254 e. The van der Waals surface area contributed by atoms with Crippen molar-refractivity contribution >= 4 is 17.2 Å². The van der Waals surface area contributed by atoms with E-state index in [1.165, 1.54) is 19.3 Å². The van der Waals surface area contributed by atoms with Crippen LogP contribution in [0.25, 0.3) is 0 Å². The first kappa shape index (κ1) is 15.1. The Kier molecular flexibility index (Phi) is 4.82. The van der Waals surface area contributed by atoms with Gasteiger partial charge in [0, 0.05) is 18.9 Å². The van der Waals surface area contributed by atoms with Gasteiger partial charge in [0.25, 0.3) is 5.91 Å². The van der Waals surface area contributed by atoms with Gasteiger partial charge in [-0.1, -0.05) is 19.3 Å². The van der Waals surface area contributed by atoms with Crippen molar-refractivity contribution in [3.63, 3.8) is 0 Å². The normalized spacial score (nSPS) is 15.9. The highest BCUT2D eigenvalue weighted by Gasteiger charge is 2.23. The monoisotopic (exact) mass is 319 g/mol. The maximum atomic E-state index is 12.4. The third-order valence-electron chi connectivity index (χ3n) is 4.12. The second-order valence-corrected chi connectivity index (χ2v) is 7.02. The van der Waals surface area contributed by atoms with Crippen LogP contribution in [0.4, 0.5) is 0 Å². The number of aromatic nitrogens is 4. The molecular formula is C15H21N5OS. The van der Waals surface area contributed by atoms with E-state index in [0.717, 1.165) is 28.6 Å². The average molecular weight is 319 g/mol. The summed E-state index contributed by atoms with van der Waals surface area (Å²) in [6.45, 7) is 2.50. The van der Waals surface area contributed by atoms with Crippen LogP contribution in [0.2, 0.25) is 0 Å². The molecule has 118 valence electrons. The summed E-state index contributed by atoms with van der Waals surface area (Å²) < 4.78 is 0. The number of hydrogen-bond acceptors (Lipinski definition) is 5. The van der Waals surface area contributed by atoms with E-state index in [1.807, 2.05) is 6.92 Å². The molecule has 1 saturated carbocycles. The van der Waals surface area contributed by atoms with Crippen molar-refractivity contribution in [1.29, 1.82) is 0 Å². The van der Waals surface area contributed by atoms with E-state index in [4.69, 9.17) is 0 Å². The highest BCUT2D eigenvalue weighted by molar-refractivity contribution is 7.11. The molecule has 0 bridgehead atoms. The zero-order chi connectivity index (χ0) is 15.4. The molecule has 1 aliphatic rings. The number of nitrogens with zero attached hydrogens (tertiary/aromatic N) is 3. The highest BCUT2D eigenvalue weighted by Crippen LogP contribution is 2.33. The van der Waals surface area contributed by atoms with Crippen LogP contribution < -0.4 is 5.32 Å². The van der Waals surface area contributed by atoms with Crippen molar-refractivity contribution in [3.8, 4) is 0 Å². The fourth-order valence-corrected chi connectivity index (χ4v) is 3.70. The summed E-state index contributed by atoms with van der Waals surface area (Å²) in [4.78, 5) is 12.4. The number of carbonyl (C=O) groups is 1. The lowest BCUT2D eigenvalue weighted by molar-refractivity contribution is 0.0952. The van der Waals surface area contributed by atoms with E-state index in [1.54, 1.807) is 17.5 Å². The van der Waals surface area contributed by atoms with Crippen LogP contribution in [0, 0.1) is 6.92 Å². The Balaban J connectivity index is 1.57. The van der Waals surface area contributed by atoms with Gasteiger partial charge in [0.2, 0.25) is 0 Å². The molecule has 1 fully saturated rings. The first-order valence-electron chi connectivity index (χ1n) is 7.84. The number of aryl methyl sites for hydroxylation is 1. The molecule has 6 nitrogen and oxygen atoms in total. The molecule has 0 aliphatic heterocycles. The van der Waals surface area contributed by atoms with Gasteiger partial charge in [0.1, 0.15) is 10.0 Å².